The highest BCUT2D eigenvalue weighted by Crippen LogP contribution is 2.19. The van der Waals surface area contributed by atoms with Gasteiger partial charge in [-0.25, -0.2) is 4.79 Å². The predicted molar refractivity (Wildman–Crippen MR) is 58.3 cm³/mol. The number of hydrogen-bond donors (Lipinski definition) is 1. The molecule has 78 valence electrons. The van der Waals surface area contributed by atoms with Gasteiger partial charge in [0, 0.05) is 17.1 Å². The van der Waals surface area contributed by atoms with Crippen molar-refractivity contribution in [2.75, 3.05) is 7.11 Å². The van der Waals surface area contributed by atoms with Crippen molar-refractivity contribution in [2.45, 2.75) is 13.3 Å². The van der Waals surface area contributed by atoms with E-state index in [1.54, 1.807) is 13.2 Å². The smallest absolute Gasteiger partial charge is 0.345 e. The Balaban J connectivity index is 2.78. The first-order valence-electron chi connectivity index (χ1n) is 4.81. The molecule has 0 saturated carbocycles. The molecule has 0 aliphatic carbocycles. The molecule has 0 bridgehead atoms. The van der Waals surface area contributed by atoms with Crippen LogP contribution in [0.1, 0.15) is 12.6 Å². The van der Waals surface area contributed by atoms with Gasteiger partial charge in [-0.2, -0.15) is 4.98 Å². The third-order valence-electron chi connectivity index (χ3n) is 2.36. The van der Waals surface area contributed by atoms with Gasteiger partial charge in [0.05, 0.1) is 12.6 Å². The second kappa shape index (κ2) is 3.73. The van der Waals surface area contributed by atoms with E-state index in [0.717, 1.165) is 17.5 Å². The van der Waals surface area contributed by atoms with Gasteiger partial charge in [-0.05, 0) is 18.6 Å². The molecule has 1 aromatic carbocycles. The molecule has 2 aromatic rings. The van der Waals surface area contributed by atoms with E-state index in [1.165, 1.54) is 0 Å². The molecule has 1 N–H and O–H groups in total. The highest BCUT2D eigenvalue weighted by atomic mass is 16.5. The first-order chi connectivity index (χ1) is 7.24. The molecular weight excluding hydrogens is 192 g/mol. The Morgan fingerprint density at radius 1 is 1.47 bits per heavy atom. The monoisotopic (exact) mass is 204 g/mol. The third-order valence-corrected chi connectivity index (χ3v) is 2.36. The summed E-state index contributed by atoms with van der Waals surface area (Å²) in [5.41, 5.74) is 1.27. The number of H-pyrrole nitrogens is 1. The fourth-order valence-electron chi connectivity index (χ4n) is 1.60. The average Bonchev–Trinajstić information content (AvgIpc) is 2.26. The fraction of sp³-hybridized carbons (Fsp3) is 0.273. The van der Waals surface area contributed by atoms with Gasteiger partial charge in [0.25, 0.3) is 0 Å². The number of fused-ring (bicyclic) bond motifs is 1. The quantitative estimate of drug-likeness (QED) is 0.806. The minimum atomic E-state index is -0.312. The summed E-state index contributed by atoms with van der Waals surface area (Å²) >= 11 is 0. The Morgan fingerprint density at radius 2 is 2.27 bits per heavy atom. The molecule has 1 aromatic heterocycles. The first kappa shape index (κ1) is 9.71. The number of aromatic amines is 1. The summed E-state index contributed by atoms with van der Waals surface area (Å²) in [4.78, 5) is 17.9. The molecule has 0 fully saturated rings. The van der Waals surface area contributed by atoms with Gasteiger partial charge in [0.1, 0.15) is 5.75 Å². The Hall–Kier alpha value is -1.84. The van der Waals surface area contributed by atoms with Gasteiger partial charge >= 0.3 is 5.69 Å². The Morgan fingerprint density at radius 3 is 2.93 bits per heavy atom. The van der Waals surface area contributed by atoms with Crippen molar-refractivity contribution in [3.63, 3.8) is 0 Å². The van der Waals surface area contributed by atoms with Crippen molar-refractivity contribution in [3.05, 3.63) is 34.4 Å². The van der Waals surface area contributed by atoms with Crippen molar-refractivity contribution < 1.29 is 4.74 Å². The average molecular weight is 204 g/mol. The SMILES string of the molecule is CCc1[nH]c(=O)nc2cc(OC)ccc12. The number of benzene rings is 1. The van der Waals surface area contributed by atoms with E-state index in [4.69, 9.17) is 4.74 Å². The Bertz CT molecular complexity index is 546. The summed E-state index contributed by atoms with van der Waals surface area (Å²) in [6.07, 6.45) is 0.778. The number of rotatable bonds is 2. The molecule has 0 atom stereocenters. The van der Waals surface area contributed by atoms with Crippen molar-refractivity contribution in [3.8, 4) is 5.75 Å². The van der Waals surface area contributed by atoms with Gasteiger partial charge in [0.15, 0.2) is 0 Å². The van der Waals surface area contributed by atoms with Crippen LogP contribution in [0.3, 0.4) is 0 Å². The van der Waals surface area contributed by atoms with E-state index in [1.807, 2.05) is 19.1 Å². The fourth-order valence-corrected chi connectivity index (χ4v) is 1.60. The van der Waals surface area contributed by atoms with Gasteiger partial charge in [-0.3, -0.25) is 0 Å². The third kappa shape index (κ3) is 1.70. The molecule has 4 heteroatoms. The predicted octanol–water partition coefficient (Wildman–Crippen LogP) is 1.49. The second-order valence-corrected chi connectivity index (χ2v) is 3.26. The lowest BCUT2D eigenvalue weighted by Crippen LogP contribution is -2.12. The van der Waals surface area contributed by atoms with Crippen LogP contribution < -0.4 is 10.4 Å². The summed E-state index contributed by atoms with van der Waals surface area (Å²) in [7, 11) is 1.59. The van der Waals surface area contributed by atoms with Gasteiger partial charge in [0.2, 0.25) is 0 Å². The van der Waals surface area contributed by atoms with Crippen LogP contribution in [0.2, 0.25) is 0 Å². The molecule has 0 unspecified atom stereocenters. The molecule has 4 nitrogen and oxygen atoms in total. The number of aromatic nitrogens is 2. The summed E-state index contributed by atoms with van der Waals surface area (Å²) in [5, 5.41) is 0.970. The molecule has 0 aliphatic heterocycles. The molecule has 0 aliphatic rings. The Kier molecular flexibility index (Phi) is 2.41. The lowest BCUT2D eigenvalue weighted by molar-refractivity contribution is 0.415. The number of nitrogens with zero attached hydrogens (tertiary/aromatic N) is 1. The van der Waals surface area contributed by atoms with Crippen LogP contribution in [0.5, 0.6) is 5.75 Å². The van der Waals surface area contributed by atoms with Crippen molar-refractivity contribution >= 4 is 10.9 Å². The zero-order valence-corrected chi connectivity index (χ0v) is 8.70. The van der Waals surface area contributed by atoms with Crippen LogP contribution in [0, 0.1) is 0 Å². The second-order valence-electron chi connectivity index (χ2n) is 3.26. The van der Waals surface area contributed by atoms with E-state index >= 15 is 0 Å². The van der Waals surface area contributed by atoms with Crippen molar-refractivity contribution in [1.82, 2.24) is 9.97 Å². The molecular formula is C11H12N2O2. The number of ether oxygens (including phenoxy) is 1. The minimum absolute atomic E-state index is 0.312. The molecule has 0 spiro atoms. The van der Waals surface area contributed by atoms with E-state index in [2.05, 4.69) is 9.97 Å². The molecule has 1 heterocycles. The number of aryl methyl sites for hydroxylation is 1. The normalized spacial score (nSPS) is 10.5. The van der Waals surface area contributed by atoms with E-state index < -0.39 is 0 Å². The van der Waals surface area contributed by atoms with E-state index in [-0.39, 0.29) is 5.69 Å². The number of hydrogen-bond acceptors (Lipinski definition) is 3. The molecule has 2 rings (SSSR count). The van der Waals surface area contributed by atoms with Crippen molar-refractivity contribution in [2.24, 2.45) is 0 Å². The maximum Gasteiger partial charge on any atom is 0.345 e. The zero-order chi connectivity index (χ0) is 10.8. The summed E-state index contributed by atoms with van der Waals surface area (Å²) in [6, 6.07) is 5.54. The van der Waals surface area contributed by atoms with Crippen LogP contribution in [-0.4, -0.2) is 17.1 Å². The van der Waals surface area contributed by atoms with E-state index in [0.29, 0.717) is 11.3 Å². The number of nitrogens with one attached hydrogen (secondary N) is 1. The Labute approximate surface area is 86.9 Å². The van der Waals surface area contributed by atoms with Gasteiger partial charge in [-0.1, -0.05) is 6.92 Å². The lowest BCUT2D eigenvalue weighted by Gasteiger charge is -2.04. The highest BCUT2D eigenvalue weighted by Gasteiger charge is 2.03. The van der Waals surface area contributed by atoms with Crippen LogP contribution in [0.4, 0.5) is 0 Å². The largest absolute Gasteiger partial charge is 0.497 e. The summed E-state index contributed by atoms with van der Waals surface area (Å²) in [5.74, 6) is 0.711. The zero-order valence-electron chi connectivity index (χ0n) is 8.70. The van der Waals surface area contributed by atoms with Crippen LogP contribution in [0.15, 0.2) is 23.0 Å². The summed E-state index contributed by atoms with van der Waals surface area (Å²) < 4.78 is 5.08. The maximum atomic E-state index is 11.3. The molecule has 15 heavy (non-hydrogen) atoms. The molecule has 0 radical (unpaired) electrons. The highest BCUT2D eigenvalue weighted by molar-refractivity contribution is 5.81. The van der Waals surface area contributed by atoms with Crippen LogP contribution in [0.25, 0.3) is 10.9 Å². The van der Waals surface area contributed by atoms with Gasteiger partial charge in [-0.15, -0.1) is 0 Å². The lowest BCUT2D eigenvalue weighted by atomic mass is 10.1. The molecule has 0 saturated heterocycles. The standard InChI is InChI=1S/C11H12N2O2/c1-3-9-8-5-4-7(15-2)6-10(8)13-11(14)12-9/h4-6H,3H2,1-2H3,(H,12,13,14). The first-order valence-corrected chi connectivity index (χ1v) is 4.81. The maximum absolute atomic E-state index is 11.3. The van der Waals surface area contributed by atoms with Crippen LogP contribution >= 0.6 is 0 Å². The van der Waals surface area contributed by atoms with Gasteiger partial charge < -0.3 is 9.72 Å². The topological polar surface area (TPSA) is 55.0 Å². The number of methoxy groups -OCH3 is 1. The van der Waals surface area contributed by atoms with Crippen LogP contribution in [-0.2, 0) is 6.42 Å². The minimum Gasteiger partial charge on any atom is -0.497 e. The van der Waals surface area contributed by atoms with Crippen molar-refractivity contribution in [1.29, 1.82) is 0 Å². The summed E-state index contributed by atoms with van der Waals surface area (Å²) in [6.45, 7) is 1.99. The molecule has 0 amide bonds. The van der Waals surface area contributed by atoms with E-state index in [9.17, 15) is 4.79 Å².